The summed E-state index contributed by atoms with van der Waals surface area (Å²) >= 11 is 0. The largest absolute Gasteiger partial charge is 0.416 e. The zero-order chi connectivity index (χ0) is 19.7. The topological polar surface area (TPSA) is 58.1 Å². The molecular weight excluding hydrogens is 369 g/mol. The number of carbonyl (C=O) groups excluding carboxylic acids is 1. The maximum atomic E-state index is 12.9. The molecule has 0 unspecified atom stereocenters. The van der Waals surface area contributed by atoms with Gasteiger partial charge in [0.1, 0.15) is 5.69 Å². The Morgan fingerprint density at radius 1 is 1.04 bits per heavy atom. The summed E-state index contributed by atoms with van der Waals surface area (Å²) < 4.78 is 38.0. The lowest BCUT2D eigenvalue weighted by Gasteiger charge is -2.17. The first kappa shape index (κ1) is 18.0. The lowest BCUT2D eigenvalue weighted by molar-refractivity contribution is -0.137. The lowest BCUT2D eigenvalue weighted by atomic mass is 10.2. The van der Waals surface area contributed by atoms with Gasteiger partial charge in [0, 0.05) is 24.1 Å². The first-order valence-corrected chi connectivity index (χ1v) is 8.59. The van der Waals surface area contributed by atoms with Crippen LogP contribution in [-0.2, 0) is 12.6 Å². The number of benzene rings is 2. The molecule has 1 aliphatic rings. The number of alkyl halides is 3. The van der Waals surface area contributed by atoms with Gasteiger partial charge in [-0.25, -0.2) is 9.97 Å². The molecule has 1 amide bonds. The van der Waals surface area contributed by atoms with Crippen LogP contribution in [0.1, 0.15) is 21.6 Å². The van der Waals surface area contributed by atoms with E-state index in [2.05, 4.69) is 15.3 Å². The van der Waals surface area contributed by atoms with E-state index in [-0.39, 0.29) is 17.5 Å². The second kappa shape index (κ2) is 6.95. The Morgan fingerprint density at radius 3 is 2.54 bits per heavy atom. The van der Waals surface area contributed by atoms with Crippen molar-refractivity contribution in [3.8, 4) is 0 Å². The summed E-state index contributed by atoms with van der Waals surface area (Å²) in [5.41, 5.74) is 1.83. The predicted octanol–water partition coefficient (Wildman–Crippen LogP) is 4.44. The van der Waals surface area contributed by atoms with E-state index in [1.165, 1.54) is 24.4 Å². The summed E-state index contributed by atoms with van der Waals surface area (Å²) in [6.07, 6.45) is -2.17. The van der Waals surface area contributed by atoms with E-state index in [0.717, 1.165) is 29.8 Å². The molecule has 2 heterocycles. The highest BCUT2D eigenvalue weighted by molar-refractivity contribution is 6.06. The van der Waals surface area contributed by atoms with Gasteiger partial charge in [-0.15, -0.1) is 0 Å². The number of anilines is 3. The van der Waals surface area contributed by atoms with E-state index < -0.39 is 11.7 Å². The van der Waals surface area contributed by atoms with E-state index in [9.17, 15) is 18.0 Å². The smallest absolute Gasteiger partial charge is 0.324 e. The van der Waals surface area contributed by atoms with Crippen molar-refractivity contribution < 1.29 is 18.0 Å². The number of nitrogens with one attached hydrogen (secondary N) is 1. The zero-order valence-electron chi connectivity index (χ0n) is 14.6. The third-order valence-electron chi connectivity index (χ3n) is 4.48. The van der Waals surface area contributed by atoms with E-state index in [1.807, 2.05) is 24.3 Å². The molecule has 0 spiro atoms. The maximum Gasteiger partial charge on any atom is 0.416 e. The standard InChI is InChI=1S/C20H15F3N4O/c21-20(22,23)14-5-7-15(8-6-14)25-19-24-11-9-16(26-19)18(28)27-12-10-13-3-1-2-4-17(13)27/h1-9,11H,10,12H2,(H,24,25,26). The molecule has 142 valence electrons. The minimum atomic E-state index is -4.40. The Bertz CT molecular complexity index is 1020. The van der Waals surface area contributed by atoms with E-state index in [1.54, 1.807) is 4.90 Å². The summed E-state index contributed by atoms with van der Waals surface area (Å²) in [5.74, 6) is -0.110. The van der Waals surface area contributed by atoms with Crippen LogP contribution < -0.4 is 10.2 Å². The first-order valence-electron chi connectivity index (χ1n) is 8.59. The molecule has 0 fully saturated rings. The molecule has 0 bridgehead atoms. The fourth-order valence-electron chi connectivity index (χ4n) is 3.10. The van der Waals surface area contributed by atoms with Crippen molar-refractivity contribution in [2.24, 2.45) is 0 Å². The SMILES string of the molecule is O=C(c1ccnc(Nc2ccc(C(F)(F)F)cc2)n1)N1CCc2ccccc21. The van der Waals surface area contributed by atoms with Crippen LogP contribution in [0.15, 0.2) is 60.8 Å². The summed E-state index contributed by atoms with van der Waals surface area (Å²) in [6.45, 7) is 0.573. The average Bonchev–Trinajstić information content (AvgIpc) is 3.11. The van der Waals surface area contributed by atoms with E-state index >= 15 is 0 Å². The fourth-order valence-corrected chi connectivity index (χ4v) is 3.10. The number of aromatic nitrogens is 2. The molecule has 1 N–H and O–H groups in total. The number of halogens is 3. The second-order valence-electron chi connectivity index (χ2n) is 6.30. The minimum absolute atomic E-state index is 0.137. The Labute approximate surface area is 158 Å². The van der Waals surface area contributed by atoms with Crippen LogP contribution in [0.3, 0.4) is 0 Å². The first-order chi connectivity index (χ1) is 13.4. The number of carbonyl (C=O) groups is 1. The summed E-state index contributed by atoms with van der Waals surface area (Å²) in [4.78, 5) is 22.8. The van der Waals surface area contributed by atoms with Crippen LogP contribution in [0.4, 0.5) is 30.5 Å². The van der Waals surface area contributed by atoms with Gasteiger partial charge in [0.25, 0.3) is 5.91 Å². The Kier molecular flexibility index (Phi) is 4.46. The van der Waals surface area contributed by atoms with Gasteiger partial charge in [0.15, 0.2) is 0 Å². The number of para-hydroxylation sites is 1. The van der Waals surface area contributed by atoms with Crippen molar-refractivity contribution >= 4 is 23.2 Å². The molecule has 0 aliphatic carbocycles. The van der Waals surface area contributed by atoms with Crippen LogP contribution in [0.25, 0.3) is 0 Å². The second-order valence-corrected chi connectivity index (χ2v) is 6.30. The molecule has 3 aromatic rings. The maximum absolute atomic E-state index is 12.9. The van der Waals surface area contributed by atoms with Gasteiger partial charge < -0.3 is 10.2 Å². The number of amides is 1. The molecule has 4 rings (SSSR count). The molecule has 0 saturated carbocycles. The Morgan fingerprint density at radius 2 is 1.79 bits per heavy atom. The Hall–Kier alpha value is -3.42. The van der Waals surface area contributed by atoms with Crippen molar-refractivity contribution in [1.82, 2.24) is 9.97 Å². The fraction of sp³-hybridized carbons (Fsp3) is 0.150. The van der Waals surface area contributed by atoms with Crippen molar-refractivity contribution in [1.29, 1.82) is 0 Å². The summed E-state index contributed by atoms with van der Waals surface area (Å²) in [6, 6.07) is 13.7. The summed E-state index contributed by atoms with van der Waals surface area (Å²) in [7, 11) is 0. The van der Waals surface area contributed by atoms with Crippen molar-refractivity contribution in [3.05, 3.63) is 77.6 Å². The molecule has 2 aromatic carbocycles. The number of nitrogens with zero attached hydrogens (tertiary/aromatic N) is 3. The number of rotatable bonds is 3. The highest BCUT2D eigenvalue weighted by Crippen LogP contribution is 2.30. The molecule has 8 heteroatoms. The number of hydrogen-bond acceptors (Lipinski definition) is 4. The van der Waals surface area contributed by atoms with Gasteiger partial charge in [0.05, 0.1) is 5.56 Å². The quantitative estimate of drug-likeness (QED) is 0.725. The van der Waals surface area contributed by atoms with Crippen LogP contribution in [-0.4, -0.2) is 22.4 Å². The van der Waals surface area contributed by atoms with Gasteiger partial charge in [-0.05, 0) is 48.4 Å². The average molecular weight is 384 g/mol. The number of fused-ring (bicyclic) bond motifs is 1. The summed E-state index contributed by atoms with van der Waals surface area (Å²) in [5, 5.41) is 2.83. The number of hydrogen-bond donors (Lipinski definition) is 1. The molecule has 1 aliphatic heterocycles. The predicted molar refractivity (Wildman–Crippen MR) is 98.6 cm³/mol. The lowest BCUT2D eigenvalue weighted by Crippen LogP contribution is -2.29. The minimum Gasteiger partial charge on any atom is -0.324 e. The molecule has 0 atom stereocenters. The van der Waals surface area contributed by atoms with Gasteiger partial charge >= 0.3 is 6.18 Å². The van der Waals surface area contributed by atoms with Crippen molar-refractivity contribution in [2.45, 2.75) is 12.6 Å². The van der Waals surface area contributed by atoms with Gasteiger partial charge in [-0.1, -0.05) is 18.2 Å². The third kappa shape index (κ3) is 3.53. The highest BCUT2D eigenvalue weighted by atomic mass is 19.4. The van der Waals surface area contributed by atoms with Crippen LogP contribution in [0.2, 0.25) is 0 Å². The van der Waals surface area contributed by atoms with Crippen molar-refractivity contribution in [2.75, 3.05) is 16.8 Å². The Balaban J connectivity index is 1.53. The van der Waals surface area contributed by atoms with E-state index in [0.29, 0.717) is 12.2 Å². The zero-order valence-corrected chi connectivity index (χ0v) is 14.6. The van der Waals surface area contributed by atoms with Crippen LogP contribution in [0, 0.1) is 0 Å². The molecule has 0 radical (unpaired) electrons. The van der Waals surface area contributed by atoms with Crippen LogP contribution in [0.5, 0.6) is 0 Å². The van der Waals surface area contributed by atoms with Crippen LogP contribution >= 0.6 is 0 Å². The van der Waals surface area contributed by atoms with Crippen molar-refractivity contribution in [3.63, 3.8) is 0 Å². The third-order valence-corrected chi connectivity index (χ3v) is 4.48. The normalized spacial score (nSPS) is 13.3. The molecule has 5 nitrogen and oxygen atoms in total. The molecular formula is C20H15F3N4O. The molecule has 28 heavy (non-hydrogen) atoms. The monoisotopic (exact) mass is 384 g/mol. The highest BCUT2D eigenvalue weighted by Gasteiger charge is 2.30. The van der Waals surface area contributed by atoms with Gasteiger partial charge in [0.2, 0.25) is 5.95 Å². The molecule has 1 aromatic heterocycles. The molecule has 0 saturated heterocycles. The van der Waals surface area contributed by atoms with Gasteiger partial charge in [-0.2, -0.15) is 13.2 Å². The van der Waals surface area contributed by atoms with E-state index in [4.69, 9.17) is 0 Å². The van der Waals surface area contributed by atoms with Gasteiger partial charge in [-0.3, -0.25) is 4.79 Å².